The molecule has 0 saturated heterocycles. The van der Waals surface area contributed by atoms with Crippen LogP contribution < -0.4 is 10.1 Å². The van der Waals surface area contributed by atoms with E-state index in [4.69, 9.17) is 4.74 Å². The van der Waals surface area contributed by atoms with E-state index in [1.807, 2.05) is 19.9 Å². The lowest BCUT2D eigenvalue weighted by atomic mass is 10.2. The van der Waals surface area contributed by atoms with Crippen LogP contribution in [-0.2, 0) is 11.4 Å². The van der Waals surface area contributed by atoms with Crippen LogP contribution in [-0.4, -0.2) is 23.7 Å². The maximum absolute atomic E-state index is 11.4. The second-order valence-electron chi connectivity index (χ2n) is 4.23. The van der Waals surface area contributed by atoms with Gasteiger partial charge in [-0.2, -0.15) is 0 Å². The minimum atomic E-state index is -0.0903. The molecule has 1 aromatic rings. The predicted molar refractivity (Wildman–Crippen MR) is 73.5 cm³/mol. The van der Waals surface area contributed by atoms with E-state index in [9.17, 15) is 9.90 Å². The van der Waals surface area contributed by atoms with Gasteiger partial charge in [-0.3, -0.25) is 4.79 Å². The second-order valence-corrected chi connectivity index (χ2v) is 5.15. The average molecular weight is 316 g/mol. The summed E-state index contributed by atoms with van der Waals surface area (Å²) in [7, 11) is 0. The number of rotatable bonds is 6. The van der Waals surface area contributed by atoms with Gasteiger partial charge >= 0.3 is 0 Å². The Labute approximate surface area is 115 Å². The number of carbonyl (C=O) groups is 1. The highest BCUT2D eigenvalue weighted by molar-refractivity contribution is 9.10. The average Bonchev–Trinajstić information content (AvgIpc) is 2.30. The molecule has 1 aromatic carbocycles. The first-order chi connectivity index (χ1) is 8.52. The van der Waals surface area contributed by atoms with Gasteiger partial charge < -0.3 is 15.2 Å². The fourth-order valence-corrected chi connectivity index (χ4v) is 1.87. The number of aliphatic hydroxyl groups is 1. The summed E-state index contributed by atoms with van der Waals surface area (Å²) in [5.41, 5.74) is 0.702. The van der Waals surface area contributed by atoms with Crippen molar-refractivity contribution in [3.63, 3.8) is 0 Å². The van der Waals surface area contributed by atoms with Crippen molar-refractivity contribution < 1.29 is 14.6 Å². The Balaban J connectivity index is 2.46. The molecule has 0 bridgehead atoms. The van der Waals surface area contributed by atoms with Gasteiger partial charge in [0.05, 0.1) is 19.6 Å². The van der Waals surface area contributed by atoms with Crippen LogP contribution in [0.1, 0.15) is 25.8 Å². The summed E-state index contributed by atoms with van der Waals surface area (Å²) in [5.74, 6) is 0.575. The van der Waals surface area contributed by atoms with E-state index >= 15 is 0 Å². The summed E-state index contributed by atoms with van der Waals surface area (Å²) in [6.07, 6.45) is 0.305. The Morgan fingerprint density at radius 2 is 2.22 bits per heavy atom. The molecule has 18 heavy (non-hydrogen) atoms. The van der Waals surface area contributed by atoms with Gasteiger partial charge in [0, 0.05) is 16.1 Å². The number of hydrogen-bond donors (Lipinski definition) is 2. The number of hydrogen-bond acceptors (Lipinski definition) is 3. The zero-order valence-electron chi connectivity index (χ0n) is 10.6. The zero-order chi connectivity index (χ0) is 13.5. The van der Waals surface area contributed by atoms with E-state index in [2.05, 4.69) is 21.2 Å². The summed E-state index contributed by atoms with van der Waals surface area (Å²) < 4.78 is 6.38. The molecule has 0 aliphatic carbocycles. The summed E-state index contributed by atoms with van der Waals surface area (Å²) in [6.45, 7) is 4.04. The number of nitrogens with one attached hydrogen (secondary N) is 1. The van der Waals surface area contributed by atoms with E-state index in [1.54, 1.807) is 12.1 Å². The van der Waals surface area contributed by atoms with Gasteiger partial charge in [-0.15, -0.1) is 0 Å². The van der Waals surface area contributed by atoms with Gasteiger partial charge in [-0.25, -0.2) is 0 Å². The van der Waals surface area contributed by atoms with Crippen LogP contribution in [0.5, 0.6) is 5.75 Å². The molecule has 0 aromatic heterocycles. The van der Waals surface area contributed by atoms with Gasteiger partial charge in [0.1, 0.15) is 5.75 Å². The lowest BCUT2D eigenvalue weighted by Crippen LogP contribution is -2.31. The van der Waals surface area contributed by atoms with E-state index in [-0.39, 0.29) is 18.6 Å². The molecule has 4 nitrogen and oxygen atoms in total. The summed E-state index contributed by atoms with van der Waals surface area (Å²) >= 11 is 3.32. The van der Waals surface area contributed by atoms with Crippen molar-refractivity contribution in [3.05, 3.63) is 28.2 Å². The van der Waals surface area contributed by atoms with Crippen molar-refractivity contribution in [2.75, 3.05) is 6.61 Å². The number of halogens is 1. The molecule has 1 rings (SSSR count). The Morgan fingerprint density at radius 1 is 1.50 bits per heavy atom. The quantitative estimate of drug-likeness (QED) is 0.846. The highest BCUT2D eigenvalue weighted by Gasteiger charge is 2.06. The Morgan fingerprint density at radius 3 is 2.83 bits per heavy atom. The minimum Gasteiger partial charge on any atom is -0.493 e. The van der Waals surface area contributed by atoms with Crippen molar-refractivity contribution >= 4 is 21.8 Å². The highest BCUT2D eigenvalue weighted by Crippen LogP contribution is 2.23. The second kappa shape index (κ2) is 7.38. The molecule has 0 unspecified atom stereocenters. The molecule has 100 valence electrons. The lowest BCUT2D eigenvalue weighted by Gasteiger charge is -2.11. The molecule has 1 amide bonds. The smallest absolute Gasteiger partial charge is 0.223 e. The van der Waals surface area contributed by atoms with Crippen LogP contribution in [0.4, 0.5) is 0 Å². The SMILES string of the molecule is CC(C)NC(=O)CCOc1ccc(Br)cc1CO. The molecular weight excluding hydrogens is 298 g/mol. The molecule has 0 saturated carbocycles. The van der Waals surface area contributed by atoms with Crippen molar-refractivity contribution in [2.45, 2.75) is 32.9 Å². The predicted octanol–water partition coefficient (Wildman–Crippen LogP) is 2.23. The van der Waals surface area contributed by atoms with Crippen LogP contribution >= 0.6 is 15.9 Å². The maximum Gasteiger partial charge on any atom is 0.223 e. The Bertz CT molecular complexity index is 407. The van der Waals surface area contributed by atoms with Gasteiger partial charge in [0.25, 0.3) is 0 Å². The third-order valence-electron chi connectivity index (χ3n) is 2.23. The molecule has 0 aliphatic heterocycles. The molecule has 0 radical (unpaired) electrons. The van der Waals surface area contributed by atoms with Crippen molar-refractivity contribution in [3.8, 4) is 5.75 Å². The van der Waals surface area contributed by atoms with Crippen LogP contribution in [0, 0.1) is 0 Å². The monoisotopic (exact) mass is 315 g/mol. The van der Waals surface area contributed by atoms with Gasteiger partial charge in [-0.1, -0.05) is 15.9 Å². The molecule has 0 spiro atoms. The summed E-state index contributed by atoms with van der Waals surface area (Å²) in [5, 5.41) is 12.0. The molecule has 0 aliphatic rings. The molecule has 0 heterocycles. The normalized spacial score (nSPS) is 10.5. The van der Waals surface area contributed by atoms with Gasteiger partial charge in [0.2, 0.25) is 5.91 Å². The number of benzene rings is 1. The van der Waals surface area contributed by atoms with Crippen LogP contribution in [0.25, 0.3) is 0 Å². The van der Waals surface area contributed by atoms with E-state index in [0.29, 0.717) is 24.3 Å². The van der Waals surface area contributed by atoms with Crippen LogP contribution in [0.15, 0.2) is 22.7 Å². The lowest BCUT2D eigenvalue weighted by molar-refractivity contribution is -0.122. The van der Waals surface area contributed by atoms with Crippen molar-refractivity contribution in [1.29, 1.82) is 0 Å². The fraction of sp³-hybridized carbons (Fsp3) is 0.462. The standard InChI is InChI=1S/C13H18BrNO3/c1-9(2)15-13(17)5-6-18-12-4-3-11(14)7-10(12)8-16/h3-4,7,9,16H,5-6,8H2,1-2H3,(H,15,17). The first kappa shape index (κ1) is 15.0. The van der Waals surface area contributed by atoms with Gasteiger partial charge in [-0.05, 0) is 32.0 Å². The Hall–Kier alpha value is -1.07. The van der Waals surface area contributed by atoms with E-state index in [1.165, 1.54) is 0 Å². The molecule has 0 atom stereocenters. The van der Waals surface area contributed by atoms with Gasteiger partial charge in [0.15, 0.2) is 0 Å². The molecule has 2 N–H and O–H groups in total. The molecular formula is C13H18BrNO3. The first-order valence-electron chi connectivity index (χ1n) is 5.84. The first-order valence-corrected chi connectivity index (χ1v) is 6.63. The largest absolute Gasteiger partial charge is 0.493 e. The third kappa shape index (κ3) is 5.06. The van der Waals surface area contributed by atoms with Crippen LogP contribution in [0.3, 0.4) is 0 Å². The zero-order valence-corrected chi connectivity index (χ0v) is 12.2. The number of ether oxygens (including phenoxy) is 1. The topological polar surface area (TPSA) is 58.6 Å². The van der Waals surface area contributed by atoms with Crippen molar-refractivity contribution in [1.82, 2.24) is 5.32 Å². The van der Waals surface area contributed by atoms with Crippen molar-refractivity contribution in [2.24, 2.45) is 0 Å². The number of amides is 1. The molecule has 5 heteroatoms. The number of aliphatic hydroxyl groups excluding tert-OH is 1. The van der Waals surface area contributed by atoms with E-state index in [0.717, 1.165) is 4.47 Å². The maximum atomic E-state index is 11.4. The highest BCUT2D eigenvalue weighted by atomic mass is 79.9. The fourth-order valence-electron chi connectivity index (χ4n) is 1.46. The van der Waals surface area contributed by atoms with E-state index < -0.39 is 0 Å². The Kier molecular flexibility index (Phi) is 6.15. The van der Waals surface area contributed by atoms with Crippen LogP contribution in [0.2, 0.25) is 0 Å². The summed E-state index contributed by atoms with van der Waals surface area (Å²) in [4.78, 5) is 11.4. The molecule has 0 fully saturated rings. The summed E-state index contributed by atoms with van der Waals surface area (Å²) in [6, 6.07) is 5.54. The number of carbonyl (C=O) groups excluding carboxylic acids is 1. The minimum absolute atomic E-state index is 0.0346. The third-order valence-corrected chi connectivity index (χ3v) is 2.72.